The molecule has 0 aromatic carbocycles. The Morgan fingerprint density at radius 1 is 1.06 bits per heavy atom. The summed E-state index contributed by atoms with van der Waals surface area (Å²) in [6.07, 6.45) is 14.2. The number of carbonyl (C=O) groups excluding carboxylic acids is 2. The van der Waals surface area contributed by atoms with Crippen molar-refractivity contribution in [2.75, 3.05) is 0 Å². The average molecular weight is 450 g/mol. The highest BCUT2D eigenvalue weighted by Gasteiger charge is 2.60. The summed E-state index contributed by atoms with van der Waals surface area (Å²) >= 11 is 0. The lowest BCUT2D eigenvalue weighted by Gasteiger charge is -2.58. The topological polar surface area (TPSA) is 65.5 Å². The second-order valence-corrected chi connectivity index (χ2v) is 11.0. The van der Waals surface area contributed by atoms with Crippen molar-refractivity contribution in [1.29, 1.82) is 0 Å². The van der Waals surface area contributed by atoms with Gasteiger partial charge in [-0.05, 0) is 78.0 Å². The molecule has 4 aliphatic rings. The summed E-state index contributed by atoms with van der Waals surface area (Å²) in [5.74, 6) is 0.867. The number of rotatable bonds is 3. The number of hydrogen-bond acceptors (Lipinski definition) is 5. The Balaban J connectivity index is 1.49. The molecule has 7 atom stereocenters. The van der Waals surface area contributed by atoms with Gasteiger partial charge in [-0.1, -0.05) is 31.6 Å². The van der Waals surface area contributed by atoms with Gasteiger partial charge in [0, 0.05) is 38.6 Å². The molecule has 2 saturated carbocycles. The van der Waals surface area contributed by atoms with Crippen molar-refractivity contribution in [3.63, 3.8) is 0 Å². The summed E-state index contributed by atoms with van der Waals surface area (Å²) in [7, 11) is 0. The predicted molar refractivity (Wildman–Crippen MR) is 126 cm³/mol. The molecule has 2 fully saturated rings. The highest BCUT2D eigenvalue weighted by atomic mass is 16.5. The first-order valence-corrected chi connectivity index (χ1v) is 12.4. The van der Waals surface area contributed by atoms with Crippen LogP contribution < -0.4 is 0 Å². The minimum absolute atomic E-state index is 0.00589. The molecule has 0 amide bonds. The van der Waals surface area contributed by atoms with E-state index in [1.165, 1.54) is 25.0 Å². The van der Waals surface area contributed by atoms with Gasteiger partial charge in [0.25, 0.3) is 0 Å². The molecule has 5 nitrogen and oxygen atoms in total. The molecule has 0 unspecified atom stereocenters. The van der Waals surface area contributed by atoms with Crippen molar-refractivity contribution in [2.24, 2.45) is 28.6 Å². The molecule has 1 aromatic heterocycles. The monoisotopic (exact) mass is 449 g/mol. The second-order valence-electron chi connectivity index (χ2n) is 11.0. The van der Waals surface area contributed by atoms with Crippen molar-refractivity contribution in [2.45, 2.75) is 78.4 Å². The third kappa shape index (κ3) is 3.64. The SMILES string of the molecule is CC(=O)O[C@H]1CC[C@@]2(C)C(=CC[C@H]3[C@@H]4[C@H](OC(C)=O)C=C(c5cccnc5)[C@@]4(C)CC[C@@H]32)C1. The zero-order valence-electron chi connectivity index (χ0n) is 20.2. The van der Waals surface area contributed by atoms with Crippen molar-refractivity contribution in [3.05, 3.63) is 47.8 Å². The normalized spacial score (nSPS) is 39.3. The molecule has 5 rings (SSSR count). The molecular weight excluding hydrogens is 414 g/mol. The fourth-order valence-corrected chi connectivity index (χ4v) is 7.84. The largest absolute Gasteiger partial charge is 0.462 e. The van der Waals surface area contributed by atoms with Gasteiger partial charge >= 0.3 is 11.9 Å². The molecule has 33 heavy (non-hydrogen) atoms. The number of aromatic nitrogens is 1. The Kier molecular flexibility index (Phi) is 5.49. The Labute approximate surface area is 196 Å². The van der Waals surface area contributed by atoms with E-state index in [0.717, 1.165) is 44.1 Å². The third-order valence-electron chi connectivity index (χ3n) is 9.22. The number of pyridine rings is 1. The maximum Gasteiger partial charge on any atom is 0.303 e. The first-order valence-electron chi connectivity index (χ1n) is 12.4. The lowest BCUT2D eigenvalue weighted by molar-refractivity contribution is -0.154. The lowest BCUT2D eigenvalue weighted by atomic mass is 9.47. The number of hydrogen-bond donors (Lipinski definition) is 0. The molecule has 0 aliphatic heterocycles. The highest BCUT2D eigenvalue weighted by Crippen LogP contribution is 2.66. The first-order chi connectivity index (χ1) is 15.7. The summed E-state index contributed by atoms with van der Waals surface area (Å²) in [4.78, 5) is 28.0. The van der Waals surface area contributed by atoms with Gasteiger partial charge in [-0.3, -0.25) is 14.6 Å². The van der Waals surface area contributed by atoms with E-state index in [-0.39, 0.29) is 40.9 Å². The van der Waals surface area contributed by atoms with E-state index in [1.807, 2.05) is 12.3 Å². The fraction of sp³-hybridized carbons (Fsp3) is 0.607. The maximum absolute atomic E-state index is 12.1. The molecule has 0 saturated heterocycles. The zero-order valence-corrected chi connectivity index (χ0v) is 20.2. The van der Waals surface area contributed by atoms with Crippen molar-refractivity contribution in [1.82, 2.24) is 4.98 Å². The van der Waals surface area contributed by atoms with Crippen LogP contribution in [0.5, 0.6) is 0 Å². The molecule has 0 bridgehead atoms. The van der Waals surface area contributed by atoms with Gasteiger partial charge in [-0.15, -0.1) is 0 Å². The van der Waals surface area contributed by atoms with Gasteiger partial charge in [0.2, 0.25) is 0 Å². The van der Waals surface area contributed by atoms with E-state index in [0.29, 0.717) is 11.8 Å². The van der Waals surface area contributed by atoms with Crippen molar-refractivity contribution < 1.29 is 19.1 Å². The summed E-state index contributed by atoms with van der Waals surface area (Å²) in [6.45, 7) is 7.82. The molecule has 0 spiro atoms. The smallest absolute Gasteiger partial charge is 0.303 e. The maximum atomic E-state index is 12.1. The van der Waals surface area contributed by atoms with E-state index >= 15 is 0 Å². The second kappa shape index (κ2) is 8.11. The van der Waals surface area contributed by atoms with E-state index in [9.17, 15) is 9.59 Å². The molecule has 176 valence electrons. The van der Waals surface area contributed by atoms with E-state index < -0.39 is 0 Å². The molecule has 1 heterocycles. The van der Waals surface area contributed by atoms with Crippen LogP contribution in [0.25, 0.3) is 5.57 Å². The van der Waals surface area contributed by atoms with Crippen LogP contribution in [-0.2, 0) is 19.1 Å². The minimum atomic E-state index is -0.215. The quantitative estimate of drug-likeness (QED) is 0.450. The van der Waals surface area contributed by atoms with Crippen LogP contribution >= 0.6 is 0 Å². The number of esters is 2. The lowest BCUT2D eigenvalue weighted by Crippen LogP contribution is -2.52. The van der Waals surface area contributed by atoms with Crippen LogP contribution in [0, 0.1) is 28.6 Å². The number of fused-ring (bicyclic) bond motifs is 5. The number of nitrogens with zero attached hydrogens (tertiary/aromatic N) is 1. The van der Waals surface area contributed by atoms with Gasteiger partial charge in [-0.25, -0.2) is 0 Å². The van der Waals surface area contributed by atoms with Gasteiger partial charge in [0.1, 0.15) is 12.2 Å². The number of allylic oxidation sites excluding steroid dienone is 2. The molecule has 0 radical (unpaired) electrons. The van der Waals surface area contributed by atoms with Gasteiger partial charge in [0.05, 0.1) is 0 Å². The van der Waals surface area contributed by atoms with Crippen LogP contribution in [0.2, 0.25) is 0 Å². The highest BCUT2D eigenvalue weighted by molar-refractivity contribution is 5.75. The van der Waals surface area contributed by atoms with Crippen molar-refractivity contribution >= 4 is 17.5 Å². The van der Waals surface area contributed by atoms with Crippen LogP contribution in [0.3, 0.4) is 0 Å². The van der Waals surface area contributed by atoms with Gasteiger partial charge in [0.15, 0.2) is 0 Å². The average Bonchev–Trinajstić information content (AvgIpc) is 3.06. The molecule has 5 heteroatoms. The molecule has 1 aromatic rings. The Hall–Kier alpha value is -2.43. The van der Waals surface area contributed by atoms with Crippen LogP contribution in [0.4, 0.5) is 0 Å². The van der Waals surface area contributed by atoms with Gasteiger partial charge in [-0.2, -0.15) is 0 Å². The van der Waals surface area contributed by atoms with E-state index in [1.54, 1.807) is 6.20 Å². The molecule has 4 aliphatic carbocycles. The van der Waals surface area contributed by atoms with Crippen LogP contribution in [0.15, 0.2) is 42.3 Å². The summed E-state index contributed by atoms with van der Waals surface area (Å²) in [6, 6.07) is 4.11. The summed E-state index contributed by atoms with van der Waals surface area (Å²) in [5.41, 5.74) is 3.97. The number of ether oxygens (including phenoxy) is 2. The van der Waals surface area contributed by atoms with Gasteiger partial charge < -0.3 is 9.47 Å². The Bertz CT molecular complexity index is 1010. The van der Waals surface area contributed by atoms with Crippen molar-refractivity contribution in [3.8, 4) is 0 Å². The van der Waals surface area contributed by atoms with E-state index in [2.05, 4.69) is 37.0 Å². The van der Waals surface area contributed by atoms with E-state index in [4.69, 9.17) is 9.47 Å². The van der Waals surface area contributed by atoms with Crippen LogP contribution in [0.1, 0.15) is 71.8 Å². The third-order valence-corrected chi connectivity index (χ3v) is 9.22. The zero-order chi connectivity index (χ0) is 23.4. The molecular formula is C28H35NO4. The summed E-state index contributed by atoms with van der Waals surface area (Å²) in [5, 5.41) is 0. The Morgan fingerprint density at radius 3 is 2.52 bits per heavy atom. The minimum Gasteiger partial charge on any atom is -0.462 e. The summed E-state index contributed by atoms with van der Waals surface area (Å²) < 4.78 is 11.5. The van der Waals surface area contributed by atoms with Crippen LogP contribution in [-0.4, -0.2) is 29.1 Å². The Morgan fingerprint density at radius 2 is 1.82 bits per heavy atom. The standard InChI is InChI=1S/C28H35NO4/c1-17(30)32-21-9-11-27(3)20(14-21)7-8-22-23(27)10-12-28(4)24(19-6-5-13-29-16-19)15-25(26(22)28)33-18(2)31/h5-7,13,15-16,21-23,25-26H,8-12,14H2,1-4H3/t21-,22+,23-,25+,26+,27-,28+/m0/s1. The first kappa shape index (κ1) is 22.4. The molecule has 0 N–H and O–H groups in total. The number of carbonyl (C=O) groups is 2. The fourth-order valence-electron chi connectivity index (χ4n) is 7.84. The predicted octanol–water partition coefficient (Wildman–Crippen LogP) is 5.51.